The number of aromatic amines is 1. The van der Waals surface area contributed by atoms with Gasteiger partial charge in [-0.1, -0.05) is 6.07 Å². The van der Waals surface area contributed by atoms with E-state index in [1.54, 1.807) is 25.1 Å². The molecule has 0 unspecified atom stereocenters. The van der Waals surface area contributed by atoms with Crippen molar-refractivity contribution in [1.82, 2.24) is 15.2 Å². The van der Waals surface area contributed by atoms with Crippen molar-refractivity contribution in [2.45, 2.75) is 6.92 Å². The molecule has 2 aromatic rings. The Morgan fingerprint density at radius 1 is 1.45 bits per heavy atom. The van der Waals surface area contributed by atoms with E-state index in [0.717, 1.165) is 0 Å². The molecule has 0 amide bonds. The molecule has 1 heterocycles. The number of aromatic nitrogens is 3. The van der Waals surface area contributed by atoms with E-state index in [2.05, 4.69) is 25.7 Å². The number of nitrogens with zero attached hydrogens (tertiary/aromatic N) is 3. The first-order chi connectivity index (χ1) is 9.61. The Morgan fingerprint density at radius 2 is 2.25 bits per heavy atom. The maximum Gasteiger partial charge on any atom is 0.274 e. The minimum absolute atomic E-state index is 0.0240. The van der Waals surface area contributed by atoms with Crippen LogP contribution in [0, 0.1) is 6.92 Å². The Labute approximate surface area is 114 Å². The summed E-state index contributed by atoms with van der Waals surface area (Å²) in [4.78, 5) is 13.8. The van der Waals surface area contributed by atoms with E-state index < -0.39 is 0 Å². The fourth-order valence-electron chi connectivity index (χ4n) is 1.41. The molecule has 2 rings (SSSR count). The number of rotatable bonds is 4. The second-order valence-electron chi connectivity index (χ2n) is 3.86. The van der Waals surface area contributed by atoms with Crippen LogP contribution in [0.3, 0.4) is 0 Å². The van der Waals surface area contributed by atoms with Crippen LogP contribution in [-0.4, -0.2) is 33.6 Å². The van der Waals surface area contributed by atoms with Crippen LogP contribution in [0.2, 0.25) is 0 Å². The molecule has 0 bridgehead atoms. The largest absolute Gasteiger partial charge is 0.504 e. The molecule has 8 heteroatoms. The van der Waals surface area contributed by atoms with Crippen LogP contribution in [0.4, 0.5) is 5.95 Å². The first-order valence-electron chi connectivity index (χ1n) is 5.70. The average Bonchev–Trinajstić information content (AvgIpc) is 2.44. The van der Waals surface area contributed by atoms with Gasteiger partial charge in [0.25, 0.3) is 5.56 Å². The first kappa shape index (κ1) is 13.5. The molecular formula is C12H13N5O3. The molecular weight excluding hydrogens is 262 g/mol. The van der Waals surface area contributed by atoms with Gasteiger partial charge in [-0.25, -0.2) is 5.43 Å². The molecule has 104 valence electrons. The minimum atomic E-state index is -0.345. The number of phenolic OH excluding ortho intramolecular Hbond substituents is 1. The maximum atomic E-state index is 11.3. The number of phenols is 1. The number of para-hydroxylation sites is 1. The number of hydrazone groups is 1. The number of aryl methyl sites for hydroxylation is 1. The summed E-state index contributed by atoms with van der Waals surface area (Å²) in [5.41, 5.74) is 2.89. The van der Waals surface area contributed by atoms with Gasteiger partial charge >= 0.3 is 0 Å². The lowest BCUT2D eigenvalue weighted by atomic mass is 10.2. The third-order valence-corrected chi connectivity index (χ3v) is 2.48. The van der Waals surface area contributed by atoms with Crippen LogP contribution in [-0.2, 0) is 0 Å². The molecule has 0 atom stereocenters. The SMILES string of the molecule is COc1cccc(/C=N/Nc2nnc(C)c(=O)[nH]2)c1O. The van der Waals surface area contributed by atoms with E-state index in [0.29, 0.717) is 11.3 Å². The molecule has 0 radical (unpaired) electrons. The number of ether oxygens (including phenoxy) is 1. The van der Waals surface area contributed by atoms with E-state index in [1.165, 1.54) is 13.3 Å². The zero-order valence-corrected chi connectivity index (χ0v) is 10.9. The Morgan fingerprint density at radius 3 is 2.95 bits per heavy atom. The summed E-state index contributed by atoms with van der Waals surface area (Å²) in [5.74, 6) is 0.431. The highest BCUT2D eigenvalue weighted by molar-refractivity contribution is 5.85. The summed E-state index contributed by atoms with van der Waals surface area (Å²) in [6, 6.07) is 5.00. The lowest BCUT2D eigenvalue weighted by molar-refractivity contribution is 0.373. The first-order valence-corrected chi connectivity index (χ1v) is 5.70. The quantitative estimate of drug-likeness (QED) is 0.557. The zero-order chi connectivity index (χ0) is 14.5. The summed E-state index contributed by atoms with van der Waals surface area (Å²) < 4.78 is 4.98. The summed E-state index contributed by atoms with van der Waals surface area (Å²) in [7, 11) is 1.46. The second-order valence-corrected chi connectivity index (χ2v) is 3.86. The van der Waals surface area contributed by atoms with Crippen molar-refractivity contribution in [3.8, 4) is 11.5 Å². The lowest BCUT2D eigenvalue weighted by Crippen LogP contribution is -2.15. The number of aromatic hydroxyl groups is 1. The molecule has 1 aromatic heterocycles. The van der Waals surface area contributed by atoms with Gasteiger partial charge in [-0.05, 0) is 19.1 Å². The monoisotopic (exact) mass is 275 g/mol. The molecule has 3 N–H and O–H groups in total. The summed E-state index contributed by atoms with van der Waals surface area (Å²) in [6.07, 6.45) is 1.37. The number of hydrogen-bond donors (Lipinski definition) is 3. The van der Waals surface area contributed by atoms with Crippen LogP contribution in [0.5, 0.6) is 11.5 Å². The third kappa shape index (κ3) is 2.91. The van der Waals surface area contributed by atoms with E-state index in [4.69, 9.17) is 4.74 Å². The van der Waals surface area contributed by atoms with Crippen molar-refractivity contribution in [2.24, 2.45) is 5.10 Å². The van der Waals surface area contributed by atoms with E-state index in [9.17, 15) is 9.90 Å². The van der Waals surface area contributed by atoms with Gasteiger partial charge in [-0.3, -0.25) is 9.78 Å². The fourth-order valence-corrected chi connectivity index (χ4v) is 1.41. The van der Waals surface area contributed by atoms with Gasteiger partial charge in [-0.2, -0.15) is 5.10 Å². The lowest BCUT2D eigenvalue weighted by Gasteiger charge is -2.04. The summed E-state index contributed by atoms with van der Waals surface area (Å²) in [5, 5.41) is 21.1. The molecule has 1 aromatic carbocycles. The smallest absolute Gasteiger partial charge is 0.274 e. The van der Waals surface area contributed by atoms with Crippen molar-refractivity contribution in [3.63, 3.8) is 0 Å². The van der Waals surface area contributed by atoms with Crippen LogP contribution < -0.4 is 15.7 Å². The molecule has 0 aliphatic heterocycles. The van der Waals surface area contributed by atoms with Crippen molar-refractivity contribution in [3.05, 3.63) is 39.8 Å². The molecule has 0 saturated carbocycles. The highest BCUT2D eigenvalue weighted by atomic mass is 16.5. The van der Waals surface area contributed by atoms with Gasteiger partial charge in [0.1, 0.15) is 5.69 Å². The number of methoxy groups -OCH3 is 1. The standard InChI is InChI=1S/C12H13N5O3/c1-7-11(19)14-12(17-15-7)16-13-6-8-4-3-5-9(20-2)10(8)18/h3-6,18H,1-2H3,(H2,14,16,17,19)/b13-6+. The summed E-state index contributed by atoms with van der Waals surface area (Å²) in [6.45, 7) is 1.55. The van der Waals surface area contributed by atoms with Crippen molar-refractivity contribution < 1.29 is 9.84 Å². The van der Waals surface area contributed by atoms with E-state index >= 15 is 0 Å². The Balaban J connectivity index is 2.14. The molecule has 0 fully saturated rings. The Bertz CT molecular complexity index is 696. The molecule has 20 heavy (non-hydrogen) atoms. The van der Waals surface area contributed by atoms with Crippen LogP contribution in [0.15, 0.2) is 28.1 Å². The number of anilines is 1. The predicted octanol–water partition coefficient (Wildman–Crippen LogP) is 0.634. The highest BCUT2D eigenvalue weighted by Crippen LogP contribution is 2.27. The number of H-pyrrole nitrogens is 1. The number of hydrogen-bond acceptors (Lipinski definition) is 7. The van der Waals surface area contributed by atoms with Gasteiger partial charge in [-0.15, -0.1) is 10.2 Å². The third-order valence-electron chi connectivity index (χ3n) is 2.48. The average molecular weight is 275 g/mol. The van der Waals surface area contributed by atoms with Crippen LogP contribution in [0.25, 0.3) is 0 Å². The van der Waals surface area contributed by atoms with Crippen molar-refractivity contribution >= 4 is 12.2 Å². The Kier molecular flexibility index (Phi) is 3.94. The Hall–Kier alpha value is -2.90. The van der Waals surface area contributed by atoms with Gasteiger partial charge in [0, 0.05) is 5.56 Å². The number of benzene rings is 1. The predicted molar refractivity (Wildman–Crippen MR) is 73.3 cm³/mol. The van der Waals surface area contributed by atoms with Crippen LogP contribution >= 0.6 is 0 Å². The topological polar surface area (TPSA) is 112 Å². The minimum Gasteiger partial charge on any atom is -0.504 e. The fraction of sp³-hybridized carbons (Fsp3) is 0.167. The van der Waals surface area contributed by atoms with Gasteiger partial charge in [0.2, 0.25) is 5.95 Å². The van der Waals surface area contributed by atoms with Gasteiger partial charge in [0.15, 0.2) is 11.5 Å². The molecule has 8 nitrogen and oxygen atoms in total. The van der Waals surface area contributed by atoms with Crippen LogP contribution in [0.1, 0.15) is 11.3 Å². The van der Waals surface area contributed by atoms with Crippen molar-refractivity contribution in [2.75, 3.05) is 12.5 Å². The highest BCUT2D eigenvalue weighted by Gasteiger charge is 2.04. The molecule has 0 spiro atoms. The summed E-state index contributed by atoms with van der Waals surface area (Å²) >= 11 is 0. The van der Waals surface area contributed by atoms with Gasteiger partial charge in [0.05, 0.1) is 13.3 Å². The zero-order valence-electron chi connectivity index (χ0n) is 10.9. The van der Waals surface area contributed by atoms with Gasteiger partial charge < -0.3 is 9.84 Å². The molecule has 0 saturated heterocycles. The molecule has 0 aliphatic carbocycles. The number of nitrogens with one attached hydrogen (secondary N) is 2. The normalized spacial score (nSPS) is 10.7. The van der Waals surface area contributed by atoms with E-state index in [1.807, 2.05) is 0 Å². The van der Waals surface area contributed by atoms with Crippen molar-refractivity contribution in [1.29, 1.82) is 0 Å². The maximum absolute atomic E-state index is 11.3. The molecule has 0 aliphatic rings. The second kappa shape index (κ2) is 5.83. The van der Waals surface area contributed by atoms with E-state index in [-0.39, 0.29) is 23.0 Å².